The zero-order valence-electron chi connectivity index (χ0n) is 13.1. The molecule has 0 bridgehead atoms. The van der Waals surface area contributed by atoms with Gasteiger partial charge in [-0.25, -0.2) is 0 Å². The number of aliphatic hydroxyl groups excluding tert-OH is 1. The van der Waals surface area contributed by atoms with Gasteiger partial charge in [0.2, 0.25) is 0 Å². The first kappa shape index (κ1) is 16.5. The van der Waals surface area contributed by atoms with Gasteiger partial charge in [0.25, 0.3) is 0 Å². The molecule has 4 heteroatoms. The second-order valence-corrected chi connectivity index (χ2v) is 5.44. The molecule has 2 N–H and O–H groups in total. The lowest BCUT2D eigenvalue weighted by molar-refractivity contribution is -0.143. The Balaban J connectivity index is 1.90. The monoisotopic (exact) mass is 301 g/mol. The normalized spacial score (nSPS) is 13.8. The lowest BCUT2D eigenvalue weighted by Gasteiger charge is -2.17. The average Bonchev–Trinajstić information content (AvgIpc) is 2.52. The van der Waals surface area contributed by atoms with Crippen molar-refractivity contribution in [2.24, 2.45) is 0 Å². The second-order valence-electron chi connectivity index (χ2n) is 5.44. The van der Waals surface area contributed by atoms with E-state index in [0.717, 1.165) is 16.3 Å². The summed E-state index contributed by atoms with van der Waals surface area (Å²) in [4.78, 5) is 11.4. The van der Waals surface area contributed by atoms with Crippen LogP contribution in [0.4, 0.5) is 0 Å². The topological polar surface area (TPSA) is 58.6 Å². The van der Waals surface area contributed by atoms with Gasteiger partial charge in [-0.2, -0.15) is 0 Å². The summed E-state index contributed by atoms with van der Waals surface area (Å²) in [5, 5.41) is 15.7. The van der Waals surface area contributed by atoms with E-state index < -0.39 is 6.10 Å². The molecule has 0 aliphatic heterocycles. The third-order valence-corrected chi connectivity index (χ3v) is 3.60. The molecule has 0 heterocycles. The van der Waals surface area contributed by atoms with Crippen molar-refractivity contribution in [3.63, 3.8) is 0 Å². The standard InChI is InChI=1S/C18H23NO3/c1-3-22-18(21)10-13(2)19-12-17(20)16-9-8-14-6-4-5-7-15(14)11-16/h4-9,11,13,17,19-20H,3,10,12H2,1-2H3/t13-,17-/m0/s1. The molecular weight excluding hydrogens is 278 g/mol. The molecule has 2 aromatic rings. The number of rotatable bonds is 7. The summed E-state index contributed by atoms with van der Waals surface area (Å²) >= 11 is 0. The lowest BCUT2D eigenvalue weighted by atomic mass is 10.0. The highest BCUT2D eigenvalue weighted by atomic mass is 16.5. The molecule has 0 saturated carbocycles. The van der Waals surface area contributed by atoms with E-state index in [9.17, 15) is 9.90 Å². The molecule has 4 nitrogen and oxygen atoms in total. The number of carbonyl (C=O) groups excluding carboxylic acids is 1. The van der Waals surface area contributed by atoms with Crippen LogP contribution in [0.1, 0.15) is 31.9 Å². The minimum atomic E-state index is -0.603. The third kappa shape index (κ3) is 4.55. The van der Waals surface area contributed by atoms with Gasteiger partial charge in [0.1, 0.15) is 0 Å². The van der Waals surface area contributed by atoms with Gasteiger partial charge in [0.05, 0.1) is 19.1 Å². The largest absolute Gasteiger partial charge is 0.466 e. The molecule has 0 fully saturated rings. The number of fused-ring (bicyclic) bond motifs is 1. The molecule has 0 radical (unpaired) electrons. The quantitative estimate of drug-likeness (QED) is 0.772. The van der Waals surface area contributed by atoms with Crippen LogP contribution in [0.15, 0.2) is 42.5 Å². The number of hydrogen-bond donors (Lipinski definition) is 2. The van der Waals surface area contributed by atoms with Crippen molar-refractivity contribution in [1.29, 1.82) is 0 Å². The number of benzene rings is 2. The number of esters is 1. The predicted molar refractivity (Wildman–Crippen MR) is 87.6 cm³/mol. The zero-order valence-corrected chi connectivity index (χ0v) is 13.1. The van der Waals surface area contributed by atoms with Gasteiger partial charge < -0.3 is 15.2 Å². The van der Waals surface area contributed by atoms with Gasteiger partial charge in [-0.1, -0.05) is 36.4 Å². The van der Waals surface area contributed by atoms with Gasteiger partial charge in [0, 0.05) is 12.6 Å². The zero-order chi connectivity index (χ0) is 15.9. The van der Waals surface area contributed by atoms with E-state index in [0.29, 0.717) is 19.6 Å². The Morgan fingerprint density at radius 2 is 1.95 bits per heavy atom. The molecule has 0 aliphatic rings. The summed E-state index contributed by atoms with van der Waals surface area (Å²) < 4.78 is 4.91. The van der Waals surface area contributed by atoms with Crippen LogP contribution >= 0.6 is 0 Å². The first-order valence-electron chi connectivity index (χ1n) is 7.66. The number of aliphatic hydroxyl groups is 1. The first-order chi connectivity index (χ1) is 10.6. The Morgan fingerprint density at radius 1 is 1.23 bits per heavy atom. The molecule has 2 rings (SSSR count). The maximum Gasteiger partial charge on any atom is 0.307 e. The van der Waals surface area contributed by atoms with Crippen molar-refractivity contribution >= 4 is 16.7 Å². The van der Waals surface area contributed by atoms with Crippen LogP contribution in [0, 0.1) is 0 Å². The molecule has 2 aromatic carbocycles. The van der Waals surface area contributed by atoms with E-state index in [-0.39, 0.29) is 12.0 Å². The van der Waals surface area contributed by atoms with E-state index >= 15 is 0 Å². The second kappa shape index (κ2) is 7.92. The van der Waals surface area contributed by atoms with Crippen LogP contribution in [-0.4, -0.2) is 30.3 Å². The number of hydrogen-bond acceptors (Lipinski definition) is 4. The molecule has 2 atom stereocenters. The fourth-order valence-electron chi connectivity index (χ4n) is 2.39. The van der Waals surface area contributed by atoms with Crippen LogP contribution in [0.2, 0.25) is 0 Å². The Hall–Kier alpha value is -1.91. The van der Waals surface area contributed by atoms with Crippen molar-refractivity contribution in [3.05, 3.63) is 48.0 Å². The van der Waals surface area contributed by atoms with Crippen LogP contribution < -0.4 is 5.32 Å². The van der Waals surface area contributed by atoms with Crippen molar-refractivity contribution in [2.45, 2.75) is 32.4 Å². The highest BCUT2D eigenvalue weighted by Crippen LogP contribution is 2.20. The van der Waals surface area contributed by atoms with Crippen LogP contribution in [0.5, 0.6) is 0 Å². The van der Waals surface area contributed by atoms with Crippen LogP contribution in [0.3, 0.4) is 0 Å². The summed E-state index contributed by atoms with van der Waals surface area (Å²) in [6.07, 6.45) is -0.299. The molecule has 118 valence electrons. The SMILES string of the molecule is CCOC(=O)C[C@H](C)NC[C@H](O)c1ccc2ccccc2c1. The van der Waals surface area contributed by atoms with Gasteiger partial charge >= 0.3 is 5.97 Å². The van der Waals surface area contributed by atoms with Crippen molar-refractivity contribution in [2.75, 3.05) is 13.2 Å². The predicted octanol–water partition coefficient (Wildman–Crippen LogP) is 2.80. The van der Waals surface area contributed by atoms with Crippen molar-refractivity contribution in [3.8, 4) is 0 Å². The minimum Gasteiger partial charge on any atom is -0.466 e. The van der Waals surface area contributed by atoms with Gasteiger partial charge in [-0.05, 0) is 36.2 Å². The van der Waals surface area contributed by atoms with E-state index in [1.54, 1.807) is 6.92 Å². The maximum atomic E-state index is 11.4. The minimum absolute atomic E-state index is 0.0332. The Labute approximate surface area is 131 Å². The summed E-state index contributed by atoms with van der Waals surface area (Å²) in [6.45, 7) is 4.49. The maximum absolute atomic E-state index is 11.4. The summed E-state index contributed by atoms with van der Waals surface area (Å²) in [5.41, 5.74) is 0.870. The molecule has 0 aromatic heterocycles. The highest BCUT2D eigenvalue weighted by molar-refractivity contribution is 5.83. The molecule has 0 amide bonds. The van der Waals surface area contributed by atoms with Gasteiger partial charge in [-0.3, -0.25) is 4.79 Å². The highest BCUT2D eigenvalue weighted by Gasteiger charge is 2.13. The molecule has 0 unspecified atom stereocenters. The van der Waals surface area contributed by atoms with Crippen molar-refractivity contribution < 1.29 is 14.6 Å². The Morgan fingerprint density at radius 3 is 2.68 bits per heavy atom. The van der Waals surface area contributed by atoms with E-state index in [2.05, 4.69) is 5.32 Å². The Bertz CT molecular complexity index is 627. The fourth-order valence-corrected chi connectivity index (χ4v) is 2.39. The summed E-state index contributed by atoms with van der Waals surface area (Å²) in [5.74, 6) is -0.220. The number of carbonyl (C=O) groups is 1. The lowest BCUT2D eigenvalue weighted by Crippen LogP contribution is -2.32. The van der Waals surface area contributed by atoms with Gasteiger partial charge in [-0.15, -0.1) is 0 Å². The molecule has 0 aliphatic carbocycles. The van der Waals surface area contributed by atoms with E-state index in [1.165, 1.54) is 0 Å². The fraction of sp³-hybridized carbons (Fsp3) is 0.389. The molecule has 22 heavy (non-hydrogen) atoms. The first-order valence-corrected chi connectivity index (χ1v) is 7.66. The van der Waals surface area contributed by atoms with Crippen molar-refractivity contribution in [1.82, 2.24) is 5.32 Å². The van der Waals surface area contributed by atoms with E-state index in [1.807, 2.05) is 49.4 Å². The molecular formula is C18H23NO3. The van der Waals surface area contributed by atoms with Crippen LogP contribution in [0.25, 0.3) is 10.8 Å². The average molecular weight is 301 g/mol. The summed E-state index contributed by atoms with van der Waals surface area (Å²) in [7, 11) is 0. The number of ether oxygens (including phenoxy) is 1. The summed E-state index contributed by atoms with van der Waals surface area (Å²) in [6, 6.07) is 14.0. The van der Waals surface area contributed by atoms with Crippen LogP contribution in [-0.2, 0) is 9.53 Å². The van der Waals surface area contributed by atoms with E-state index in [4.69, 9.17) is 4.74 Å². The number of nitrogens with one attached hydrogen (secondary N) is 1. The molecule has 0 spiro atoms. The smallest absolute Gasteiger partial charge is 0.307 e. The van der Waals surface area contributed by atoms with Gasteiger partial charge in [0.15, 0.2) is 0 Å². The third-order valence-electron chi connectivity index (χ3n) is 3.60. The Kier molecular flexibility index (Phi) is 5.92. The molecule has 0 saturated heterocycles.